The molecule has 4 aromatic rings. The zero-order chi connectivity index (χ0) is 28.2. The van der Waals surface area contributed by atoms with Crippen LogP contribution in [-0.4, -0.2) is 42.4 Å². The molecule has 3 aromatic heterocycles. The summed E-state index contributed by atoms with van der Waals surface area (Å²) in [5.41, 5.74) is 1.52. The number of imidazole rings is 2. The van der Waals surface area contributed by atoms with Crippen LogP contribution in [0.3, 0.4) is 0 Å². The Kier molecular flexibility index (Phi) is 6.21. The van der Waals surface area contributed by atoms with Crippen molar-refractivity contribution in [3.63, 3.8) is 0 Å². The van der Waals surface area contributed by atoms with E-state index in [1.54, 1.807) is 28.8 Å². The summed E-state index contributed by atoms with van der Waals surface area (Å²) in [6, 6.07) is 6.96. The predicted octanol–water partition coefficient (Wildman–Crippen LogP) is 4.70. The van der Waals surface area contributed by atoms with Gasteiger partial charge in [-0.1, -0.05) is 42.8 Å². The molecule has 1 aromatic carbocycles. The van der Waals surface area contributed by atoms with Crippen molar-refractivity contribution < 1.29 is 17.9 Å². The lowest BCUT2D eigenvalue weighted by molar-refractivity contribution is -0.140. The first-order chi connectivity index (χ1) is 19.1. The SMILES string of the molecule is CCc1ncnc(OC)c1C1(Cl)N=Cc2[nH]c(=O)n(Cc3ccc(-c4nc(C(F)(F)F)cn4C4CC4)cc3)c2N1. The van der Waals surface area contributed by atoms with E-state index in [1.165, 1.54) is 24.2 Å². The van der Waals surface area contributed by atoms with E-state index < -0.39 is 17.0 Å². The minimum atomic E-state index is -4.52. The topological polar surface area (TPSA) is 115 Å². The minimum Gasteiger partial charge on any atom is -0.481 e. The van der Waals surface area contributed by atoms with Crippen LogP contribution >= 0.6 is 11.6 Å². The zero-order valence-electron chi connectivity index (χ0n) is 21.5. The van der Waals surface area contributed by atoms with Crippen molar-refractivity contribution >= 4 is 23.6 Å². The Morgan fingerprint density at radius 1 is 1.20 bits per heavy atom. The number of aliphatic imine (C=N–C) groups is 1. The molecular weight excluding hydrogens is 549 g/mol. The quantitative estimate of drug-likeness (QED) is 0.245. The number of benzene rings is 1. The highest BCUT2D eigenvalue weighted by atomic mass is 35.5. The van der Waals surface area contributed by atoms with Gasteiger partial charge >= 0.3 is 11.9 Å². The van der Waals surface area contributed by atoms with Gasteiger partial charge in [0, 0.05) is 17.8 Å². The standard InChI is InChI=1S/C26H24ClF3N8O2/c1-3-17-20(23(40-2)32-13-31-17)25(27)33-10-18-22(36-25)38(24(39)34-18)11-14-4-6-15(7-5-14)21-35-19(26(28,29)30)12-37(21)16-8-9-16/h4-7,10,12-13,16,36H,3,8-9,11H2,1-2H3,(H,34,39). The van der Waals surface area contributed by atoms with Crippen LogP contribution in [0.5, 0.6) is 5.88 Å². The number of methoxy groups -OCH3 is 1. The Balaban J connectivity index is 1.31. The van der Waals surface area contributed by atoms with E-state index in [0.29, 0.717) is 34.8 Å². The molecule has 2 aliphatic rings. The summed E-state index contributed by atoms with van der Waals surface area (Å²) in [5.74, 6) is 0.937. The van der Waals surface area contributed by atoms with E-state index in [-0.39, 0.29) is 30.0 Å². The maximum absolute atomic E-state index is 13.3. The van der Waals surface area contributed by atoms with Gasteiger partial charge in [0.15, 0.2) is 5.69 Å². The maximum atomic E-state index is 13.3. The fourth-order valence-electron chi connectivity index (χ4n) is 4.81. The molecule has 6 rings (SSSR count). The van der Waals surface area contributed by atoms with E-state index in [9.17, 15) is 18.0 Å². The average molecular weight is 573 g/mol. The predicted molar refractivity (Wildman–Crippen MR) is 142 cm³/mol. The number of H-pyrrole nitrogens is 1. The van der Waals surface area contributed by atoms with Gasteiger partial charge in [0.1, 0.15) is 23.7 Å². The van der Waals surface area contributed by atoms with Crippen molar-refractivity contribution in [3.05, 3.63) is 75.5 Å². The molecule has 0 saturated heterocycles. The van der Waals surface area contributed by atoms with Gasteiger partial charge in [0.25, 0.3) is 0 Å². The summed E-state index contributed by atoms with van der Waals surface area (Å²) in [6.45, 7) is 2.08. The van der Waals surface area contributed by atoms with E-state index in [2.05, 4.69) is 30.2 Å². The van der Waals surface area contributed by atoms with Crippen LogP contribution in [0.1, 0.15) is 54.0 Å². The zero-order valence-corrected chi connectivity index (χ0v) is 22.2. The first-order valence-corrected chi connectivity index (χ1v) is 13.0. The normalized spacial score (nSPS) is 18.4. The second-order valence-electron chi connectivity index (χ2n) is 9.62. The molecular formula is C26H24ClF3N8O2. The van der Waals surface area contributed by atoms with Crippen molar-refractivity contribution in [1.82, 2.24) is 29.1 Å². The number of hydrogen-bond donors (Lipinski definition) is 2. The number of anilines is 1. The fourth-order valence-corrected chi connectivity index (χ4v) is 5.14. The Morgan fingerprint density at radius 3 is 2.60 bits per heavy atom. The van der Waals surface area contributed by atoms with Crippen LogP contribution < -0.4 is 15.7 Å². The Bertz CT molecular complexity index is 1650. The average Bonchev–Trinajstić information content (AvgIpc) is 3.61. The summed E-state index contributed by atoms with van der Waals surface area (Å²) in [7, 11) is 1.47. The van der Waals surface area contributed by atoms with Gasteiger partial charge < -0.3 is 19.6 Å². The summed E-state index contributed by atoms with van der Waals surface area (Å²) in [5, 5.41) is 1.62. The number of aromatic amines is 1. The van der Waals surface area contributed by atoms with E-state index >= 15 is 0 Å². The Hall–Kier alpha value is -4.13. The summed E-state index contributed by atoms with van der Waals surface area (Å²) in [4.78, 5) is 32.5. The van der Waals surface area contributed by atoms with Crippen molar-refractivity contribution in [3.8, 4) is 17.3 Å². The van der Waals surface area contributed by atoms with Gasteiger partial charge in [-0.15, -0.1) is 0 Å². The molecule has 1 aliphatic carbocycles. The van der Waals surface area contributed by atoms with Crippen molar-refractivity contribution in [2.24, 2.45) is 4.99 Å². The van der Waals surface area contributed by atoms with Crippen molar-refractivity contribution in [2.45, 2.75) is 50.1 Å². The highest BCUT2D eigenvalue weighted by molar-refractivity contribution is 6.26. The molecule has 2 N–H and O–H groups in total. The fraction of sp³-hybridized carbons (Fsp3) is 0.346. The van der Waals surface area contributed by atoms with Crippen molar-refractivity contribution in [1.29, 1.82) is 0 Å². The van der Waals surface area contributed by atoms with Crippen LogP contribution in [0.2, 0.25) is 0 Å². The molecule has 1 atom stereocenters. The monoisotopic (exact) mass is 572 g/mol. The maximum Gasteiger partial charge on any atom is 0.434 e. The number of aryl methyl sites for hydroxylation is 1. The van der Waals surface area contributed by atoms with E-state index in [4.69, 9.17) is 16.3 Å². The van der Waals surface area contributed by atoms with Crippen LogP contribution in [0.4, 0.5) is 19.0 Å². The number of nitrogens with zero attached hydrogens (tertiary/aromatic N) is 6. The van der Waals surface area contributed by atoms with Crippen LogP contribution in [0, 0.1) is 0 Å². The minimum absolute atomic E-state index is 0.0219. The van der Waals surface area contributed by atoms with Crippen molar-refractivity contribution in [2.75, 3.05) is 12.4 Å². The lowest BCUT2D eigenvalue weighted by Crippen LogP contribution is -2.34. The molecule has 1 saturated carbocycles. The molecule has 1 fully saturated rings. The van der Waals surface area contributed by atoms with Gasteiger partial charge in [-0.3, -0.25) is 4.57 Å². The van der Waals surface area contributed by atoms with Crippen LogP contribution in [-0.2, 0) is 24.3 Å². The van der Waals surface area contributed by atoms with Gasteiger partial charge in [-0.25, -0.2) is 24.7 Å². The van der Waals surface area contributed by atoms with Crippen LogP contribution in [0.15, 0.2) is 46.6 Å². The van der Waals surface area contributed by atoms with E-state index in [1.807, 2.05) is 6.92 Å². The number of halogens is 4. The third kappa shape index (κ3) is 4.53. The molecule has 4 heterocycles. The number of rotatable bonds is 7. The number of ether oxygens (including phenoxy) is 1. The third-order valence-electron chi connectivity index (χ3n) is 6.93. The summed E-state index contributed by atoms with van der Waals surface area (Å²) in [6.07, 6.45) is 1.60. The summed E-state index contributed by atoms with van der Waals surface area (Å²) >= 11 is 6.96. The number of hydrogen-bond acceptors (Lipinski definition) is 7. The molecule has 14 heteroatoms. The molecule has 208 valence electrons. The number of aromatic nitrogens is 6. The van der Waals surface area contributed by atoms with Gasteiger partial charge in [0.05, 0.1) is 31.1 Å². The molecule has 10 nitrogen and oxygen atoms in total. The van der Waals surface area contributed by atoms with Crippen LogP contribution in [0.25, 0.3) is 11.4 Å². The molecule has 0 bridgehead atoms. The lowest BCUT2D eigenvalue weighted by atomic mass is 10.1. The second kappa shape index (κ2) is 9.51. The van der Waals surface area contributed by atoms with E-state index in [0.717, 1.165) is 24.6 Å². The molecule has 0 spiro atoms. The van der Waals surface area contributed by atoms with Gasteiger partial charge in [-0.05, 0) is 24.8 Å². The lowest BCUT2D eigenvalue weighted by Gasteiger charge is -2.30. The Labute approximate surface area is 230 Å². The third-order valence-corrected chi connectivity index (χ3v) is 7.31. The van der Waals surface area contributed by atoms with Gasteiger partial charge in [0.2, 0.25) is 11.0 Å². The molecule has 0 radical (unpaired) electrons. The molecule has 1 unspecified atom stereocenters. The number of alkyl halides is 4. The first-order valence-electron chi connectivity index (χ1n) is 12.6. The summed E-state index contributed by atoms with van der Waals surface area (Å²) < 4.78 is 48.5. The highest BCUT2D eigenvalue weighted by Gasteiger charge is 2.40. The largest absolute Gasteiger partial charge is 0.481 e. The molecule has 40 heavy (non-hydrogen) atoms. The highest BCUT2D eigenvalue weighted by Crippen LogP contribution is 2.42. The van der Waals surface area contributed by atoms with Gasteiger partial charge in [-0.2, -0.15) is 13.2 Å². The second-order valence-corrected chi connectivity index (χ2v) is 10.2. The Morgan fingerprint density at radius 2 is 1.95 bits per heavy atom. The smallest absolute Gasteiger partial charge is 0.434 e. The number of nitrogens with one attached hydrogen (secondary N) is 2. The molecule has 0 amide bonds. The molecule has 1 aliphatic heterocycles. The number of fused-ring (bicyclic) bond motifs is 1. The first kappa shape index (κ1) is 26.1.